The second-order valence-electron chi connectivity index (χ2n) is 9.22. The molecule has 1 amide bonds. The lowest BCUT2D eigenvalue weighted by Crippen LogP contribution is -2.46. The van der Waals surface area contributed by atoms with Crippen molar-refractivity contribution < 1.29 is 14.3 Å². The lowest BCUT2D eigenvalue weighted by molar-refractivity contribution is 0.0558. The molecule has 1 aromatic heterocycles. The first-order valence-electron chi connectivity index (χ1n) is 11.0. The summed E-state index contributed by atoms with van der Waals surface area (Å²) in [5.41, 5.74) is 1.81. The highest BCUT2D eigenvalue weighted by molar-refractivity contribution is 6.07. The summed E-state index contributed by atoms with van der Waals surface area (Å²) in [6.45, 7) is 5.45. The maximum absolute atomic E-state index is 13.8. The van der Waals surface area contributed by atoms with Gasteiger partial charge in [-0.2, -0.15) is 0 Å². The highest BCUT2D eigenvalue weighted by Crippen LogP contribution is 2.35. The number of ketones is 1. The van der Waals surface area contributed by atoms with Gasteiger partial charge in [0.1, 0.15) is 11.6 Å². The predicted molar refractivity (Wildman–Crippen MR) is 128 cm³/mol. The average molecular weight is 440 g/mol. The number of hydrogen-bond acceptors (Lipinski definition) is 4. The normalized spacial score (nSPS) is 15.5. The molecule has 4 aromatic rings. The number of rotatable bonds is 3. The van der Waals surface area contributed by atoms with Gasteiger partial charge in [0, 0.05) is 24.5 Å². The van der Waals surface area contributed by atoms with Gasteiger partial charge < -0.3 is 4.74 Å². The van der Waals surface area contributed by atoms with Gasteiger partial charge in [-0.05, 0) is 55.3 Å². The quantitative estimate of drug-likeness (QED) is 0.391. The Hall–Kier alpha value is -3.93. The maximum atomic E-state index is 13.8. The number of ether oxygens (including phenoxy) is 1. The average Bonchev–Trinajstić information content (AvgIpc) is 3.42. The van der Waals surface area contributed by atoms with Gasteiger partial charge in [0.05, 0.1) is 5.69 Å². The minimum absolute atomic E-state index is 0.227. The molecule has 0 N–H and O–H groups in total. The Morgan fingerprint density at radius 1 is 0.970 bits per heavy atom. The zero-order chi connectivity index (χ0) is 23.2. The van der Waals surface area contributed by atoms with Crippen LogP contribution in [0.2, 0.25) is 0 Å². The van der Waals surface area contributed by atoms with Crippen molar-refractivity contribution in [3.05, 3.63) is 90.5 Å². The molecule has 33 heavy (non-hydrogen) atoms. The van der Waals surface area contributed by atoms with Crippen LogP contribution in [0.25, 0.3) is 16.5 Å². The Morgan fingerprint density at radius 3 is 2.48 bits per heavy atom. The number of nitrogens with zero attached hydrogens (tertiary/aromatic N) is 3. The minimum atomic E-state index is -0.723. The number of hydrogen-bond donors (Lipinski definition) is 0. The van der Waals surface area contributed by atoms with Crippen LogP contribution in [0.5, 0.6) is 0 Å². The summed E-state index contributed by atoms with van der Waals surface area (Å²) >= 11 is 0. The zero-order valence-corrected chi connectivity index (χ0v) is 18.9. The molecule has 0 bridgehead atoms. The van der Waals surface area contributed by atoms with E-state index in [1.54, 1.807) is 17.0 Å². The van der Waals surface area contributed by atoms with Crippen LogP contribution in [0, 0.1) is 0 Å². The number of Topliss-reactive ketones (excluding diaryl/α,β-unsaturated/α-hetero) is 1. The fourth-order valence-corrected chi connectivity index (χ4v) is 4.30. The molecule has 0 saturated heterocycles. The Kier molecular flexibility index (Phi) is 5.01. The van der Waals surface area contributed by atoms with Crippen molar-refractivity contribution in [1.29, 1.82) is 0 Å². The predicted octanol–water partition coefficient (Wildman–Crippen LogP) is 5.57. The molecule has 2 heterocycles. The summed E-state index contributed by atoms with van der Waals surface area (Å²) in [4.78, 5) is 32.8. The third kappa shape index (κ3) is 3.89. The van der Waals surface area contributed by atoms with E-state index >= 15 is 0 Å². The molecule has 0 aliphatic carbocycles. The Labute approximate surface area is 192 Å². The molecule has 5 rings (SSSR count). The van der Waals surface area contributed by atoms with Crippen LogP contribution in [0.15, 0.2) is 79.1 Å². The highest BCUT2D eigenvalue weighted by Gasteiger charge is 2.42. The Balaban J connectivity index is 1.53. The van der Waals surface area contributed by atoms with Crippen molar-refractivity contribution in [2.24, 2.45) is 0 Å². The zero-order valence-electron chi connectivity index (χ0n) is 18.9. The monoisotopic (exact) mass is 439 g/mol. The third-order valence-electron chi connectivity index (χ3n) is 5.74. The molecule has 0 fully saturated rings. The maximum Gasteiger partial charge on any atom is 0.415 e. The van der Waals surface area contributed by atoms with Gasteiger partial charge in [-0.1, -0.05) is 48.5 Å². The summed E-state index contributed by atoms with van der Waals surface area (Å²) in [5.74, 6) is 0.0619. The molecule has 0 spiro atoms. The number of benzene rings is 3. The van der Waals surface area contributed by atoms with E-state index in [0.29, 0.717) is 12.1 Å². The van der Waals surface area contributed by atoms with Crippen LogP contribution in [0.4, 0.5) is 10.5 Å². The molecule has 3 aromatic carbocycles. The number of imidazole rings is 1. The summed E-state index contributed by atoms with van der Waals surface area (Å²) in [5, 5.41) is 2.20. The van der Waals surface area contributed by atoms with Crippen LogP contribution >= 0.6 is 0 Å². The molecule has 1 atom stereocenters. The minimum Gasteiger partial charge on any atom is -0.443 e. The summed E-state index contributed by atoms with van der Waals surface area (Å²) in [7, 11) is 0. The molecule has 1 unspecified atom stereocenters. The van der Waals surface area contributed by atoms with Crippen molar-refractivity contribution in [2.45, 2.75) is 38.8 Å². The largest absolute Gasteiger partial charge is 0.443 e. The van der Waals surface area contributed by atoms with Gasteiger partial charge in [0.2, 0.25) is 5.78 Å². The topological polar surface area (TPSA) is 64.4 Å². The van der Waals surface area contributed by atoms with Crippen molar-refractivity contribution in [1.82, 2.24) is 9.55 Å². The molecular weight excluding hydrogens is 414 g/mol. The van der Waals surface area contributed by atoms with Gasteiger partial charge in [0.15, 0.2) is 5.82 Å². The summed E-state index contributed by atoms with van der Waals surface area (Å²) in [6.07, 6.45) is 3.27. The lowest BCUT2D eigenvalue weighted by Gasteiger charge is -2.28. The second-order valence-corrected chi connectivity index (χ2v) is 9.22. The smallest absolute Gasteiger partial charge is 0.415 e. The number of carbonyl (C=O) groups is 2. The summed E-state index contributed by atoms with van der Waals surface area (Å²) < 4.78 is 7.43. The third-order valence-corrected chi connectivity index (χ3v) is 5.74. The first-order valence-corrected chi connectivity index (χ1v) is 11.0. The molecule has 6 heteroatoms. The van der Waals surface area contributed by atoms with E-state index in [-0.39, 0.29) is 11.6 Å². The van der Waals surface area contributed by atoms with E-state index in [9.17, 15) is 9.59 Å². The van der Waals surface area contributed by atoms with Crippen LogP contribution in [-0.4, -0.2) is 33.1 Å². The van der Waals surface area contributed by atoms with Gasteiger partial charge in [-0.3, -0.25) is 14.3 Å². The van der Waals surface area contributed by atoms with E-state index in [1.807, 2.05) is 87.5 Å². The van der Waals surface area contributed by atoms with Crippen molar-refractivity contribution >= 4 is 28.3 Å². The van der Waals surface area contributed by atoms with E-state index in [1.165, 1.54) is 4.90 Å². The van der Waals surface area contributed by atoms with E-state index in [2.05, 4.69) is 4.98 Å². The number of para-hydroxylation sites is 1. The molecule has 1 aliphatic rings. The first-order chi connectivity index (χ1) is 15.8. The highest BCUT2D eigenvalue weighted by atomic mass is 16.6. The first kappa shape index (κ1) is 20.9. The van der Waals surface area contributed by atoms with Gasteiger partial charge in [0.25, 0.3) is 0 Å². The Morgan fingerprint density at radius 2 is 1.70 bits per heavy atom. The number of carbonyl (C=O) groups excluding carboxylic acids is 2. The lowest BCUT2D eigenvalue weighted by atomic mass is 10.1. The number of aromatic nitrogens is 2. The van der Waals surface area contributed by atoms with E-state index in [0.717, 1.165) is 22.0 Å². The SMILES string of the molecule is CC(C)(C)OC(=O)N1c2ccccc2CC1C(=O)c1nccn1-c1ccc2ccccc2c1. The van der Waals surface area contributed by atoms with E-state index < -0.39 is 17.7 Å². The van der Waals surface area contributed by atoms with Gasteiger partial charge in [-0.15, -0.1) is 0 Å². The van der Waals surface area contributed by atoms with Crippen molar-refractivity contribution in [3.8, 4) is 5.69 Å². The van der Waals surface area contributed by atoms with Gasteiger partial charge in [-0.25, -0.2) is 9.78 Å². The van der Waals surface area contributed by atoms with Gasteiger partial charge >= 0.3 is 6.09 Å². The van der Waals surface area contributed by atoms with Crippen LogP contribution in [-0.2, 0) is 11.2 Å². The summed E-state index contributed by atoms with van der Waals surface area (Å²) in [6, 6.07) is 20.9. The fraction of sp³-hybridized carbons (Fsp3) is 0.222. The van der Waals surface area contributed by atoms with E-state index in [4.69, 9.17) is 4.74 Å². The number of amides is 1. The second kappa shape index (κ2) is 7.89. The van der Waals surface area contributed by atoms with Crippen LogP contribution in [0.3, 0.4) is 0 Å². The molecule has 0 saturated carbocycles. The van der Waals surface area contributed by atoms with Crippen LogP contribution in [0.1, 0.15) is 37.0 Å². The standard InChI is InChI=1S/C27H25N3O3/c1-27(2,3)33-26(32)30-22-11-7-6-10-20(22)17-23(30)24(31)25-28-14-15-29(25)21-13-12-18-8-4-5-9-19(18)16-21/h4-16,23H,17H2,1-3H3. The number of anilines is 1. The molecule has 6 nitrogen and oxygen atoms in total. The molecule has 1 aliphatic heterocycles. The fourth-order valence-electron chi connectivity index (χ4n) is 4.30. The molecule has 0 radical (unpaired) electrons. The molecule has 166 valence electrons. The Bertz CT molecular complexity index is 1370. The van der Waals surface area contributed by atoms with Crippen molar-refractivity contribution in [3.63, 3.8) is 0 Å². The number of fused-ring (bicyclic) bond motifs is 2. The van der Waals surface area contributed by atoms with Crippen LogP contribution < -0.4 is 4.90 Å². The molecular formula is C27H25N3O3. The van der Waals surface area contributed by atoms with Crippen molar-refractivity contribution in [2.75, 3.05) is 4.90 Å².